The summed E-state index contributed by atoms with van der Waals surface area (Å²) in [7, 11) is 0. The third kappa shape index (κ3) is 1.85. The minimum Gasteiger partial charge on any atom is -0.480 e. The standard InChI is InChI=1S/C13H11BrFNO3/c14-7-1-2-8-9(3-7)13(4-10(13)15)6-16(12(8)19)5-11(17)18/h1-3,10H,4-6H2,(H,17,18)/t10-,13?/m0/s1. The zero-order valence-corrected chi connectivity index (χ0v) is 11.5. The van der Waals surface area contributed by atoms with Gasteiger partial charge >= 0.3 is 5.97 Å². The van der Waals surface area contributed by atoms with Gasteiger partial charge in [-0.1, -0.05) is 15.9 Å². The van der Waals surface area contributed by atoms with Gasteiger partial charge in [0, 0.05) is 22.0 Å². The largest absolute Gasteiger partial charge is 0.480 e. The third-order valence-corrected chi connectivity index (χ3v) is 4.31. The van der Waals surface area contributed by atoms with Gasteiger partial charge in [0.15, 0.2) is 0 Å². The predicted molar refractivity (Wildman–Crippen MR) is 68.9 cm³/mol. The number of rotatable bonds is 2. The van der Waals surface area contributed by atoms with Crippen LogP contribution in [0.3, 0.4) is 0 Å². The zero-order valence-electron chi connectivity index (χ0n) is 9.90. The average Bonchev–Trinajstić information content (AvgIpc) is 2.97. The monoisotopic (exact) mass is 327 g/mol. The van der Waals surface area contributed by atoms with E-state index in [4.69, 9.17) is 5.11 Å². The van der Waals surface area contributed by atoms with Crippen LogP contribution in [-0.2, 0) is 10.2 Å². The highest BCUT2D eigenvalue weighted by Gasteiger charge is 2.61. The van der Waals surface area contributed by atoms with Crippen molar-refractivity contribution in [3.63, 3.8) is 0 Å². The molecular formula is C13H11BrFNO3. The van der Waals surface area contributed by atoms with Gasteiger partial charge in [-0.25, -0.2) is 4.39 Å². The van der Waals surface area contributed by atoms with Crippen molar-refractivity contribution in [2.24, 2.45) is 0 Å². The number of halogens is 2. The smallest absolute Gasteiger partial charge is 0.323 e. The summed E-state index contributed by atoms with van der Waals surface area (Å²) in [5.74, 6) is -1.42. The Labute approximate surface area is 117 Å². The van der Waals surface area contributed by atoms with Crippen molar-refractivity contribution in [2.45, 2.75) is 18.0 Å². The summed E-state index contributed by atoms with van der Waals surface area (Å²) in [5, 5.41) is 8.84. The maximum atomic E-state index is 13.8. The molecule has 2 atom stereocenters. The van der Waals surface area contributed by atoms with Crippen LogP contribution in [0.5, 0.6) is 0 Å². The lowest BCUT2D eigenvalue weighted by molar-refractivity contribution is -0.137. The Balaban J connectivity index is 2.07. The number of fused-ring (bicyclic) bond motifs is 2. The van der Waals surface area contributed by atoms with Crippen LogP contribution in [0.25, 0.3) is 0 Å². The number of hydrogen-bond acceptors (Lipinski definition) is 2. The zero-order chi connectivity index (χ0) is 13.8. The van der Waals surface area contributed by atoms with E-state index in [1.807, 2.05) is 0 Å². The van der Waals surface area contributed by atoms with E-state index in [-0.39, 0.29) is 19.0 Å². The molecule has 1 spiro atoms. The van der Waals surface area contributed by atoms with Gasteiger partial charge in [0.25, 0.3) is 5.91 Å². The number of aliphatic carboxylic acids is 1. The highest BCUT2D eigenvalue weighted by atomic mass is 79.9. The van der Waals surface area contributed by atoms with Crippen molar-refractivity contribution >= 4 is 27.8 Å². The fourth-order valence-corrected chi connectivity index (χ4v) is 3.14. The predicted octanol–water partition coefficient (Wildman–Crippen LogP) is 1.97. The van der Waals surface area contributed by atoms with Crippen LogP contribution >= 0.6 is 15.9 Å². The van der Waals surface area contributed by atoms with Gasteiger partial charge in [-0.05, 0) is 30.2 Å². The second kappa shape index (κ2) is 4.03. The molecule has 1 unspecified atom stereocenters. The number of carboxylic acids is 1. The molecule has 1 amide bonds. The summed E-state index contributed by atoms with van der Waals surface area (Å²) < 4.78 is 14.6. The number of alkyl halides is 1. The first-order chi connectivity index (χ1) is 8.94. The quantitative estimate of drug-likeness (QED) is 0.903. The van der Waals surface area contributed by atoms with Gasteiger partial charge in [-0.2, -0.15) is 0 Å². The molecule has 0 radical (unpaired) electrons. The van der Waals surface area contributed by atoms with E-state index in [1.54, 1.807) is 18.2 Å². The molecule has 1 aliphatic carbocycles. The van der Waals surface area contributed by atoms with Crippen molar-refractivity contribution in [3.05, 3.63) is 33.8 Å². The molecule has 0 saturated heterocycles. The molecule has 100 valence electrons. The summed E-state index contributed by atoms with van der Waals surface area (Å²) in [4.78, 5) is 24.2. The van der Waals surface area contributed by atoms with Crippen LogP contribution < -0.4 is 0 Å². The van der Waals surface area contributed by atoms with Crippen molar-refractivity contribution in [1.29, 1.82) is 0 Å². The Hall–Kier alpha value is -1.43. The molecule has 1 aromatic rings. The Morgan fingerprint density at radius 3 is 2.84 bits per heavy atom. The van der Waals surface area contributed by atoms with Gasteiger partial charge in [0.05, 0.1) is 0 Å². The summed E-state index contributed by atoms with van der Waals surface area (Å²) in [6.45, 7) is -0.244. The van der Waals surface area contributed by atoms with Crippen molar-refractivity contribution in [3.8, 4) is 0 Å². The fourth-order valence-electron chi connectivity index (χ4n) is 2.78. The highest BCUT2D eigenvalue weighted by molar-refractivity contribution is 9.10. The van der Waals surface area contributed by atoms with Crippen LogP contribution in [0.1, 0.15) is 22.3 Å². The molecule has 19 heavy (non-hydrogen) atoms. The number of carbonyl (C=O) groups excluding carboxylic acids is 1. The Morgan fingerprint density at radius 1 is 1.58 bits per heavy atom. The topological polar surface area (TPSA) is 57.6 Å². The Kier molecular flexibility index (Phi) is 2.67. The number of carbonyl (C=O) groups is 2. The van der Waals surface area contributed by atoms with E-state index in [1.165, 1.54) is 4.90 Å². The first-order valence-corrected chi connectivity index (χ1v) is 6.68. The molecule has 1 aromatic carbocycles. The van der Waals surface area contributed by atoms with Gasteiger partial charge in [0.2, 0.25) is 0 Å². The van der Waals surface area contributed by atoms with Crippen LogP contribution in [0.4, 0.5) is 4.39 Å². The molecular weight excluding hydrogens is 317 g/mol. The van der Waals surface area contributed by atoms with E-state index in [2.05, 4.69) is 15.9 Å². The lowest BCUT2D eigenvalue weighted by atomic mass is 9.86. The lowest BCUT2D eigenvalue weighted by Crippen LogP contribution is -2.46. The summed E-state index contributed by atoms with van der Waals surface area (Å²) in [6.07, 6.45) is -0.662. The molecule has 4 nitrogen and oxygen atoms in total. The summed E-state index contributed by atoms with van der Waals surface area (Å²) >= 11 is 3.32. The van der Waals surface area contributed by atoms with Crippen molar-refractivity contribution < 1.29 is 19.1 Å². The number of carboxylic acid groups (broad SMARTS) is 1. The van der Waals surface area contributed by atoms with E-state index >= 15 is 0 Å². The van der Waals surface area contributed by atoms with Crippen LogP contribution in [-0.4, -0.2) is 41.1 Å². The molecule has 0 bridgehead atoms. The molecule has 1 aliphatic heterocycles. The molecule has 3 rings (SSSR count). The van der Waals surface area contributed by atoms with E-state index in [0.29, 0.717) is 17.5 Å². The number of nitrogens with zero attached hydrogens (tertiary/aromatic N) is 1. The minimum atomic E-state index is -1.08. The molecule has 1 saturated carbocycles. The van der Waals surface area contributed by atoms with Gasteiger partial charge in [0.1, 0.15) is 12.7 Å². The van der Waals surface area contributed by atoms with Crippen LogP contribution in [0, 0.1) is 0 Å². The minimum absolute atomic E-state index is 0.142. The molecule has 2 aliphatic rings. The maximum absolute atomic E-state index is 13.8. The molecule has 1 fully saturated rings. The first kappa shape index (κ1) is 12.6. The normalized spacial score (nSPS) is 28.4. The summed E-state index contributed by atoms with van der Waals surface area (Å²) in [6, 6.07) is 5.11. The van der Waals surface area contributed by atoms with E-state index in [9.17, 15) is 14.0 Å². The van der Waals surface area contributed by atoms with Gasteiger partial charge in [-0.3, -0.25) is 9.59 Å². The molecule has 6 heteroatoms. The van der Waals surface area contributed by atoms with Crippen molar-refractivity contribution in [1.82, 2.24) is 4.90 Å². The SMILES string of the molecule is O=C(O)CN1CC2(C[C@@H]2F)c2cc(Br)ccc2C1=O. The number of hydrogen-bond donors (Lipinski definition) is 1. The van der Waals surface area contributed by atoms with E-state index in [0.717, 1.165) is 4.47 Å². The molecule has 1 heterocycles. The maximum Gasteiger partial charge on any atom is 0.323 e. The van der Waals surface area contributed by atoms with Crippen LogP contribution in [0.15, 0.2) is 22.7 Å². The second-order valence-electron chi connectivity index (χ2n) is 5.07. The number of benzene rings is 1. The Morgan fingerprint density at radius 2 is 2.26 bits per heavy atom. The van der Waals surface area contributed by atoms with Crippen molar-refractivity contribution in [2.75, 3.05) is 13.1 Å². The van der Waals surface area contributed by atoms with E-state index < -0.39 is 17.6 Å². The lowest BCUT2D eigenvalue weighted by Gasteiger charge is -2.33. The molecule has 1 N–H and O–H groups in total. The highest BCUT2D eigenvalue weighted by Crippen LogP contribution is 2.54. The fraction of sp³-hybridized carbons (Fsp3) is 0.385. The molecule has 0 aromatic heterocycles. The summed E-state index contributed by atoms with van der Waals surface area (Å²) in [5.41, 5.74) is 0.402. The first-order valence-electron chi connectivity index (χ1n) is 5.89. The van der Waals surface area contributed by atoms with Crippen LogP contribution in [0.2, 0.25) is 0 Å². The van der Waals surface area contributed by atoms with Gasteiger partial charge in [-0.15, -0.1) is 0 Å². The average molecular weight is 328 g/mol. The third-order valence-electron chi connectivity index (χ3n) is 3.82. The Bertz CT molecular complexity index is 591. The number of amides is 1. The second-order valence-corrected chi connectivity index (χ2v) is 5.99. The van der Waals surface area contributed by atoms with Gasteiger partial charge < -0.3 is 10.0 Å².